The number of aromatic amines is 1. The Balaban J connectivity index is 1.78. The molecule has 1 aliphatic rings. The van der Waals surface area contributed by atoms with Gasteiger partial charge in [0, 0.05) is 46.4 Å². The standard InChI is InChI=1S/C20H23N3O4S/c1-3-21-10-12-4-6-16-13(8-12)9-17(23-16)14-5-7-18(27-28(2,25)26)15-11-22-20(24)19(14)15/h4-9,20-24H,3,10-11H2,1-2H3. The number of hydrogen-bond donors (Lipinski definition) is 4. The fraction of sp³-hybridized carbons (Fsp3) is 0.300. The first-order valence-corrected chi connectivity index (χ1v) is 11.0. The van der Waals surface area contributed by atoms with Gasteiger partial charge in [-0.05, 0) is 42.4 Å². The average molecular weight is 401 g/mol. The number of aliphatic hydroxyl groups is 1. The summed E-state index contributed by atoms with van der Waals surface area (Å²) in [5.74, 6) is 0.245. The Hall–Kier alpha value is -2.39. The van der Waals surface area contributed by atoms with Crippen molar-refractivity contribution in [3.8, 4) is 17.0 Å². The molecule has 4 N–H and O–H groups in total. The van der Waals surface area contributed by atoms with Crippen molar-refractivity contribution in [2.45, 2.75) is 26.2 Å². The van der Waals surface area contributed by atoms with Crippen LogP contribution >= 0.6 is 0 Å². The SMILES string of the molecule is CCNCc1ccc2[nH]c(-c3ccc(OS(C)(=O)=O)c4c3C(O)NC4)cc2c1. The van der Waals surface area contributed by atoms with E-state index in [4.69, 9.17) is 4.18 Å². The van der Waals surface area contributed by atoms with E-state index >= 15 is 0 Å². The number of hydrogen-bond acceptors (Lipinski definition) is 6. The minimum Gasteiger partial charge on any atom is -0.382 e. The molecule has 4 rings (SSSR count). The van der Waals surface area contributed by atoms with E-state index in [1.807, 2.05) is 12.1 Å². The highest BCUT2D eigenvalue weighted by molar-refractivity contribution is 7.86. The molecule has 0 amide bonds. The van der Waals surface area contributed by atoms with Gasteiger partial charge in [-0.25, -0.2) is 0 Å². The maximum atomic E-state index is 11.5. The molecule has 0 aliphatic carbocycles. The van der Waals surface area contributed by atoms with E-state index in [0.29, 0.717) is 17.7 Å². The van der Waals surface area contributed by atoms with Crippen LogP contribution < -0.4 is 14.8 Å². The van der Waals surface area contributed by atoms with Crippen LogP contribution in [0, 0.1) is 0 Å². The number of H-pyrrole nitrogens is 1. The fourth-order valence-corrected chi connectivity index (χ4v) is 4.10. The lowest BCUT2D eigenvalue weighted by molar-refractivity contribution is 0.152. The summed E-state index contributed by atoms with van der Waals surface area (Å²) in [6.07, 6.45) is 0.123. The lowest BCUT2D eigenvalue weighted by atomic mass is 9.99. The van der Waals surface area contributed by atoms with Crippen LogP contribution in [0.5, 0.6) is 5.75 Å². The second-order valence-corrected chi connectivity index (χ2v) is 8.53. The third-order valence-corrected chi connectivity index (χ3v) is 5.34. The molecule has 8 heteroatoms. The molecule has 28 heavy (non-hydrogen) atoms. The number of aromatic nitrogens is 1. The van der Waals surface area contributed by atoms with Gasteiger partial charge in [0.2, 0.25) is 0 Å². The number of nitrogens with one attached hydrogen (secondary N) is 3. The topological polar surface area (TPSA) is 103 Å². The first kappa shape index (κ1) is 18.9. The molecule has 2 heterocycles. The molecule has 3 aromatic rings. The largest absolute Gasteiger partial charge is 0.382 e. The third kappa shape index (κ3) is 3.64. The highest BCUT2D eigenvalue weighted by Crippen LogP contribution is 2.40. The Morgan fingerprint density at radius 1 is 1.25 bits per heavy atom. The Kier molecular flexibility index (Phi) is 4.88. The summed E-state index contributed by atoms with van der Waals surface area (Å²) in [5.41, 5.74) is 5.17. The number of benzene rings is 2. The second-order valence-electron chi connectivity index (χ2n) is 6.96. The summed E-state index contributed by atoms with van der Waals surface area (Å²) in [5, 5.41) is 17.8. The molecule has 0 spiro atoms. The fourth-order valence-electron chi connectivity index (χ4n) is 3.62. The van der Waals surface area contributed by atoms with E-state index in [2.05, 4.69) is 34.7 Å². The van der Waals surface area contributed by atoms with Crippen molar-refractivity contribution in [2.75, 3.05) is 12.8 Å². The zero-order valence-electron chi connectivity index (χ0n) is 15.7. The van der Waals surface area contributed by atoms with Gasteiger partial charge in [0.25, 0.3) is 0 Å². The van der Waals surface area contributed by atoms with Crippen LogP contribution in [0.1, 0.15) is 29.8 Å². The molecule has 0 bridgehead atoms. The molecule has 1 aromatic heterocycles. The van der Waals surface area contributed by atoms with Crippen molar-refractivity contribution in [2.24, 2.45) is 0 Å². The highest BCUT2D eigenvalue weighted by Gasteiger charge is 2.28. The molecule has 0 radical (unpaired) electrons. The summed E-state index contributed by atoms with van der Waals surface area (Å²) in [6, 6.07) is 11.7. The number of fused-ring (bicyclic) bond motifs is 2. The van der Waals surface area contributed by atoms with Gasteiger partial charge < -0.3 is 19.6 Å². The number of rotatable bonds is 6. The van der Waals surface area contributed by atoms with Gasteiger partial charge >= 0.3 is 10.1 Å². The van der Waals surface area contributed by atoms with Gasteiger partial charge in [-0.15, -0.1) is 0 Å². The van der Waals surface area contributed by atoms with Crippen LogP contribution in [-0.4, -0.2) is 31.3 Å². The van der Waals surface area contributed by atoms with Crippen molar-refractivity contribution in [1.29, 1.82) is 0 Å². The number of aliphatic hydroxyl groups excluding tert-OH is 1. The zero-order valence-corrected chi connectivity index (χ0v) is 16.6. The van der Waals surface area contributed by atoms with Crippen LogP contribution in [0.15, 0.2) is 36.4 Å². The van der Waals surface area contributed by atoms with Crippen molar-refractivity contribution in [1.82, 2.24) is 15.6 Å². The normalized spacial score (nSPS) is 16.5. The zero-order chi connectivity index (χ0) is 19.9. The van der Waals surface area contributed by atoms with Gasteiger partial charge in [0.1, 0.15) is 12.0 Å². The van der Waals surface area contributed by atoms with Crippen molar-refractivity contribution in [3.05, 3.63) is 53.1 Å². The molecule has 0 fully saturated rings. The van der Waals surface area contributed by atoms with Crippen LogP contribution in [0.3, 0.4) is 0 Å². The maximum absolute atomic E-state index is 11.5. The minimum absolute atomic E-state index is 0.245. The molecule has 1 unspecified atom stereocenters. The van der Waals surface area contributed by atoms with Gasteiger partial charge in [-0.1, -0.05) is 13.0 Å². The van der Waals surface area contributed by atoms with E-state index < -0.39 is 16.3 Å². The summed E-state index contributed by atoms with van der Waals surface area (Å²) >= 11 is 0. The summed E-state index contributed by atoms with van der Waals surface area (Å²) in [4.78, 5) is 3.39. The van der Waals surface area contributed by atoms with Crippen LogP contribution in [-0.2, 0) is 23.2 Å². The molecule has 0 saturated heterocycles. The first-order chi connectivity index (χ1) is 13.4. The predicted octanol–water partition coefficient (Wildman–Crippen LogP) is 2.38. The molecule has 1 atom stereocenters. The van der Waals surface area contributed by atoms with Crippen molar-refractivity contribution < 1.29 is 17.7 Å². The van der Waals surface area contributed by atoms with Crippen LogP contribution in [0.25, 0.3) is 22.2 Å². The van der Waals surface area contributed by atoms with Crippen molar-refractivity contribution in [3.63, 3.8) is 0 Å². The smallest absolute Gasteiger partial charge is 0.306 e. The Bertz CT molecular complexity index is 1140. The molecular weight excluding hydrogens is 378 g/mol. The molecule has 148 valence electrons. The van der Waals surface area contributed by atoms with Crippen LogP contribution in [0.4, 0.5) is 0 Å². The van der Waals surface area contributed by atoms with Gasteiger partial charge in [-0.2, -0.15) is 8.42 Å². The average Bonchev–Trinajstić information content (AvgIpc) is 3.23. The molecule has 1 aliphatic heterocycles. The lowest BCUT2D eigenvalue weighted by Gasteiger charge is -2.13. The first-order valence-electron chi connectivity index (χ1n) is 9.15. The Morgan fingerprint density at radius 3 is 2.82 bits per heavy atom. The highest BCUT2D eigenvalue weighted by atomic mass is 32.2. The van der Waals surface area contributed by atoms with E-state index in [-0.39, 0.29) is 5.75 Å². The summed E-state index contributed by atoms with van der Waals surface area (Å²) in [6.45, 7) is 4.13. The van der Waals surface area contributed by atoms with Gasteiger partial charge in [0.05, 0.1) is 6.26 Å². The molecule has 7 nitrogen and oxygen atoms in total. The third-order valence-electron chi connectivity index (χ3n) is 4.86. The summed E-state index contributed by atoms with van der Waals surface area (Å²) in [7, 11) is -3.65. The predicted molar refractivity (Wildman–Crippen MR) is 108 cm³/mol. The maximum Gasteiger partial charge on any atom is 0.306 e. The quantitative estimate of drug-likeness (QED) is 0.473. The Morgan fingerprint density at radius 2 is 2.07 bits per heavy atom. The Labute approximate surface area is 163 Å². The molecule has 2 aromatic carbocycles. The van der Waals surface area contributed by atoms with E-state index in [1.54, 1.807) is 12.1 Å². The van der Waals surface area contributed by atoms with Gasteiger partial charge in [-0.3, -0.25) is 5.32 Å². The second kappa shape index (κ2) is 7.21. The van der Waals surface area contributed by atoms with E-state index in [0.717, 1.165) is 41.5 Å². The van der Waals surface area contributed by atoms with Crippen molar-refractivity contribution >= 4 is 21.0 Å². The van der Waals surface area contributed by atoms with E-state index in [9.17, 15) is 13.5 Å². The molecule has 0 saturated carbocycles. The van der Waals surface area contributed by atoms with Gasteiger partial charge in [0.15, 0.2) is 0 Å². The summed E-state index contributed by atoms with van der Waals surface area (Å²) < 4.78 is 28.2. The monoisotopic (exact) mass is 401 g/mol. The molecular formula is C20H23N3O4S. The van der Waals surface area contributed by atoms with E-state index in [1.165, 1.54) is 5.56 Å². The van der Waals surface area contributed by atoms with Crippen LogP contribution in [0.2, 0.25) is 0 Å². The lowest BCUT2D eigenvalue weighted by Crippen LogP contribution is -2.11. The minimum atomic E-state index is -3.65.